The molecule has 2 nitrogen and oxygen atoms in total. The Morgan fingerprint density at radius 3 is 1.29 bits per heavy atom. The third-order valence-electron chi connectivity index (χ3n) is 3.47. The number of hydrogen-bond acceptors (Lipinski definition) is 0. The highest BCUT2D eigenvalue weighted by atomic mass is 14.9. The molecule has 2 heteroatoms. The molecule has 2 aromatic heterocycles. The maximum absolute atomic E-state index is 2.16. The summed E-state index contributed by atoms with van der Waals surface area (Å²) in [5.41, 5.74) is 6.90. The highest BCUT2D eigenvalue weighted by Crippen LogP contribution is 2.11. The van der Waals surface area contributed by atoms with Gasteiger partial charge in [-0.2, -0.15) is 0 Å². The standard InChI is InChI=1S/C8H13N.C7H11N/c1-6-5-9(4)8(3)7(6)2;1-6-4-8(3)5-7(6)2/h5H,1-4H3;4-5H,1-3H3. The molecule has 0 saturated heterocycles. The van der Waals surface area contributed by atoms with Crippen molar-refractivity contribution in [3.05, 3.63) is 46.5 Å². The number of hydrogen-bond donors (Lipinski definition) is 0. The summed E-state index contributed by atoms with van der Waals surface area (Å²) in [5.74, 6) is 0. The second-order valence-corrected chi connectivity index (χ2v) is 4.92. The largest absolute Gasteiger partial charge is 0.357 e. The minimum atomic E-state index is 1.37. The molecule has 2 rings (SSSR count). The molecule has 0 aliphatic carbocycles. The third-order valence-corrected chi connectivity index (χ3v) is 3.47. The molecule has 0 bridgehead atoms. The molecule has 0 amide bonds. The average molecular weight is 232 g/mol. The van der Waals surface area contributed by atoms with Crippen LogP contribution >= 0.6 is 0 Å². The minimum absolute atomic E-state index is 1.37. The summed E-state index contributed by atoms with van der Waals surface area (Å²) in [5, 5.41) is 0. The van der Waals surface area contributed by atoms with Gasteiger partial charge in [0.05, 0.1) is 0 Å². The first-order valence-corrected chi connectivity index (χ1v) is 6.01. The fourth-order valence-electron chi connectivity index (χ4n) is 1.89. The summed E-state index contributed by atoms with van der Waals surface area (Å²) < 4.78 is 4.23. The molecule has 2 aromatic rings. The number of rotatable bonds is 0. The molecule has 0 N–H and O–H groups in total. The van der Waals surface area contributed by atoms with Crippen molar-refractivity contribution in [3.63, 3.8) is 0 Å². The van der Waals surface area contributed by atoms with E-state index in [4.69, 9.17) is 0 Å². The van der Waals surface area contributed by atoms with E-state index < -0.39 is 0 Å². The third kappa shape index (κ3) is 3.26. The van der Waals surface area contributed by atoms with Crippen LogP contribution in [-0.4, -0.2) is 9.13 Å². The van der Waals surface area contributed by atoms with Crippen LogP contribution in [0.2, 0.25) is 0 Å². The lowest BCUT2D eigenvalue weighted by atomic mass is 10.2. The minimum Gasteiger partial charge on any atom is -0.357 e. The lowest BCUT2D eigenvalue weighted by Crippen LogP contribution is -1.87. The molecular weight excluding hydrogens is 208 g/mol. The van der Waals surface area contributed by atoms with Gasteiger partial charge in [0.2, 0.25) is 0 Å². The summed E-state index contributed by atoms with van der Waals surface area (Å²) >= 11 is 0. The molecule has 0 unspecified atom stereocenters. The van der Waals surface area contributed by atoms with E-state index in [9.17, 15) is 0 Å². The Balaban J connectivity index is 0.000000171. The zero-order valence-corrected chi connectivity index (χ0v) is 12.1. The second-order valence-electron chi connectivity index (χ2n) is 4.92. The van der Waals surface area contributed by atoms with Gasteiger partial charge in [0.25, 0.3) is 0 Å². The lowest BCUT2D eigenvalue weighted by molar-refractivity contribution is 0.876. The van der Waals surface area contributed by atoms with Crippen LogP contribution in [-0.2, 0) is 14.1 Å². The summed E-state index contributed by atoms with van der Waals surface area (Å²) in [6.45, 7) is 10.7. The zero-order chi connectivity index (χ0) is 13.2. The fraction of sp³-hybridized carbons (Fsp3) is 0.467. The van der Waals surface area contributed by atoms with Crippen LogP contribution in [0.4, 0.5) is 0 Å². The molecule has 94 valence electrons. The average Bonchev–Trinajstić information content (AvgIpc) is 2.64. The van der Waals surface area contributed by atoms with Gasteiger partial charge in [-0.1, -0.05) is 0 Å². The maximum atomic E-state index is 2.16. The molecule has 0 aliphatic rings. The molecule has 17 heavy (non-hydrogen) atoms. The van der Waals surface area contributed by atoms with Gasteiger partial charge in [-0.25, -0.2) is 0 Å². The number of aryl methyl sites for hydroxylation is 5. The summed E-state index contributed by atoms with van der Waals surface area (Å²) in [4.78, 5) is 0. The van der Waals surface area contributed by atoms with E-state index in [1.54, 1.807) is 0 Å². The second kappa shape index (κ2) is 5.26. The molecule has 0 spiro atoms. The van der Waals surface area contributed by atoms with E-state index in [0.717, 1.165) is 0 Å². The van der Waals surface area contributed by atoms with Gasteiger partial charge < -0.3 is 9.13 Å². The normalized spacial score (nSPS) is 10.1. The first kappa shape index (κ1) is 13.6. The fourth-order valence-corrected chi connectivity index (χ4v) is 1.89. The smallest absolute Gasteiger partial charge is 0.0172 e. The first-order chi connectivity index (χ1) is 7.82. The SMILES string of the molecule is Cc1cn(C)c(C)c1C.Cc1cn(C)cc1C. The first-order valence-electron chi connectivity index (χ1n) is 6.01. The van der Waals surface area contributed by atoms with E-state index in [0.29, 0.717) is 0 Å². The molecule has 0 aliphatic heterocycles. The van der Waals surface area contributed by atoms with Crippen molar-refractivity contribution < 1.29 is 0 Å². The molecule has 0 atom stereocenters. The van der Waals surface area contributed by atoms with Crippen molar-refractivity contribution in [1.29, 1.82) is 0 Å². The Morgan fingerprint density at radius 2 is 1.18 bits per heavy atom. The van der Waals surface area contributed by atoms with Crippen LogP contribution in [0.15, 0.2) is 18.6 Å². The quantitative estimate of drug-likeness (QED) is 0.657. The highest BCUT2D eigenvalue weighted by molar-refractivity contribution is 5.28. The Morgan fingerprint density at radius 1 is 0.706 bits per heavy atom. The van der Waals surface area contributed by atoms with Gasteiger partial charge in [-0.05, 0) is 56.9 Å². The van der Waals surface area contributed by atoms with Crippen molar-refractivity contribution >= 4 is 0 Å². The van der Waals surface area contributed by atoms with Gasteiger partial charge in [-0.3, -0.25) is 0 Å². The van der Waals surface area contributed by atoms with Gasteiger partial charge in [0, 0.05) is 38.4 Å². The molecule has 2 heterocycles. The monoisotopic (exact) mass is 232 g/mol. The summed E-state index contributed by atoms with van der Waals surface area (Å²) in [7, 11) is 4.12. The predicted octanol–water partition coefficient (Wildman–Crippen LogP) is 3.59. The van der Waals surface area contributed by atoms with Gasteiger partial charge in [0.15, 0.2) is 0 Å². The molecular formula is C15H24N2. The van der Waals surface area contributed by atoms with E-state index >= 15 is 0 Å². The molecule has 0 saturated carbocycles. The van der Waals surface area contributed by atoms with Crippen molar-refractivity contribution in [1.82, 2.24) is 9.13 Å². The van der Waals surface area contributed by atoms with Crippen molar-refractivity contribution in [2.45, 2.75) is 34.6 Å². The Labute approximate surface area is 105 Å². The van der Waals surface area contributed by atoms with Crippen LogP contribution < -0.4 is 0 Å². The van der Waals surface area contributed by atoms with Crippen LogP contribution in [0.3, 0.4) is 0 Å². The predicted molar refractivity (Wildman–Crippen MR) is 74.5 cm³/mol. The molecule has 0 radical (unpaired) electrons. The number of aromatic nitrogens is 2. The lowest BCUT2D eigenvalue weighted by Gasteiger charge is -1.93. The van der Waals surface area contributed by atoms with Gasteiger partial charge in [-0.15, -0.1) is 0 Å². The topological polar surface area (TPSA) is 9.86 Å². The zero-order valence-electron chi connectivity index (χ0n) is 12.1. The van der Waals surface area contributed by atoms with Gasteiger partial charge >= 0.3 is 0 Å². The van der Waals surface area contributed by atoms with E-state index in [-0.39, 0.29) is 0 Å². The summed E-state index contributed by atoms with van der Waals surface area (Å²) in [6, 6.07) is 0. The van der Waals surface area contributed by atoms with Crippen LogP contribution in [0.25, 0.3) is 0 Å². The van der Waals surface area contributed by atoms with Crippen LogP contribution in [0, 0.1) is 34.6 Å². The van der Waals surface area contributed by atoms with Crippen molar-refractivity contribution in [2.75, 3.05) is 0 Å². The van der Waals surface area contributed by atoms with E-state index in [1.165, 1.54) is 27.9 Å². The summed E-state index contributed by atoms with van der Waals surface area (Å²) in [6.07, 6.45) is 6.40. The van der Waals surface area contributed by atoms with Gasteiger partial charge in [0.1, 0.15) is 0 Å². The van der Waals surface area contributed by atoms with E-state index in [1.807, 2.05) is 7.05 Å². The Hall–Kier alpha value is -1.44. The number of nitrogens with zero attached hydrogens (tertiary/aromatic N) is 2. The Kier molecular flexibility index (Phi) is 4.22. The Bertz CT molecular complexity index is 459. The highest BCUT2D eigenvalue weighted by Gasteiger charge is 1.99. The molecule has 0 aromatic carbocycles. The van der Waals surface area contributed by atoms with Crippen LogP contribution in [0.1, 0.15) is 27.9 Å². The maximum Gasteiger partial charge on any atom is 0.0172 e. The van der Waals surface area contributed by atoms with E-state index in [2.05, 4.69) is 69.4 Å². The van der Waals surface area contributed by atoms with Crippen LogP contribution in [0.5, 0.6) is 0 Å². The molecule has 0 fully saturated rings. The van der Waals surface area contributed by atoms with Crippen molar-refractivity contribution in [3.8, 4) is 0 Å². The van der Waals surface area contributed by atoms with Crippen molar-refractivity contribution in [2.24, 2.45) is 14.1 Å².